The molecular formula is C17H23N. The van der Waals surface area contributed by atoms with Gasteiger partial charge in [-0.2, -0.15) is 0 Å². The van der Waals surface area contributed by atoms with Crippen LogP contribution in [0.2, 0.25) is 0 Å². The number of hydrogen-bond acceptors (Lipinski definition) is 1. The molecule has 1 fully saturated rings. The molecule has 0 spiro atoms. The maximum Gasteiger partial charge on any atom is 0.0354 e. The van der Waals surface area contributed by atoms with Gasteiger partial charge in [-0.15, -0.1) is 0 Å². The van der Waals surface area contributed by atoms with Gasteiger partial charge in [-0.3, -0.25) is 4.90 Å². The van der Waals surface area contributed by atoms with Gasteiger partial charge in [0.05, 0.1) is 0 Å². The van der Waals surface area contributed by atoms with Crippen molar-refractivity contribution in [2.45, 2.75) is 51.1 Å². The smallest absolute Gasteiger partial charge is 0.0354 e. The van der Waals surface area contributed by atoms with E-state index >= 15 is 0 Å². The summed E-state index contributed by atoms with van der Waals surface area (Å²) < 4.78 is 0. The highest BCUT2D eigenvalue weighted by atomic mass is 15.2. The maximum atomic E-state index is 2.73. The Hall–Kier alpha value is -1.08. The minimum absolute atomic E-state index is 0.651. The fraction of sp³-hybridized carbons (Fsp3) is 0.529. The van der Waals surface area contributed by atoms with E-state index in [1.807, 2.05) is 0 Å². The average Bonchev–Trinajstić information content (AvgIpc) is 2.89. The lowest BCUT2D eigenvalue weighted by molar-refractivity contribution is 0.198. The second-order valence-corrected chi connectivity index (χ2v) is 5.74. The SMILES string of the molecule is Cc1cccc(C2CCCN2C2C=CCCC2)c1. The summed E-state index contributed by atoms with van der Waals surface area (Å²) in [6.07, 6.45) is 11.5. The first-order chi connectivity index (χ1) is 8.84. The summed E-state index contributed by atoms with van der Waals surface area (Å²) in [5.74, 6) is 0. The molecule has 1 aliphatic carbocycles. The molecule has 1 saturated heterocycles. The number of benzene rings is 1. The van der Waals surface area contributed by atoms with Crippen molar-refractivity contribution in [3.05, 3.63) is 47.5 Å². The van der Waals surface area contributed by atoms with Crippen LogP contribution < -0.4 is 0 Å². The zero-order chi connectivity index (χ0) is 12.4. The van der Waals surface area contributed by atoms with Crippen molar-refractivity contribution >= 4 is 0 Å². The number of aryl methyl sites for hydroxylation is 1. The van der Waals surface area contributed by atoms with Crippen LogP contribution in [-0.4, -0.2) is 17.5 Å². The third-order valence-electron chi connectivity index (χ3n) is 4.38. The van der Waals surface area contributed by atoms with Crippen molar-refractivity contribution in [1.29, 1.82) is 0 Å². The Morgan fingerprint density at radius 2 is 2.11 bits per heavy atom. The molecule has 18 heavy (non-hydrogen) atoms. The Labute approximate surface area is 111 Å². The van der Waals surface area contributed by atoms with E-state index in [1.54, 1.807) is 0 Å². The molecule has 0 radical (unpaired) electrons. The molecule has 2 atom stereocenters. The molecule has 1 nitrogen and oxygen atoms in total. The van der Waals surface area contributed by atoms with Crippen molar-refractivity contribution in [2.24, 2.45) is 0 Å². The average molecular weight is 241 g/mol. The predicted molar refractivity (Wildman–Crippen MR) is 76.6 cm³/mol. The van der Waals surface area contributed by atoms with Crippen molar-refractivity contribution in [3.8, 4) is 0 Å². The highest BCUT2D eigenvalue weighted by Crippen LogP contribution is 2.36. The van der Waals surface area contributed by atoms with Gasteiger partial charge in [0, 0.05) is 12.1 Å². The van der Waals surface area contributed by atoms with Crippen LogP contribution in [-0.2, 0) is 0 Å². The number of nitrogens with zero attached hydrogens (tertiary/aromatic N) is 1. The van der Waals surface area contributed by atoms with E-state index in [4.69, 9.17) is 0 Å². The van der Waals surface area contributed by atoms with Crippen molar-refractivity contribution in [3.63, 3.8) is 0 Å². The van der Waals surface area contributed by atoms with E-state index in [0.29, 0.717) is 12.1 Å². The zero-order valence-electron chi connectivity index (χ0n) is 11.3. The molecule has 3 rings (SSSR count). The molecule has 1 aromatic rings. The quantitative estimate of drug-likeness (QED) is 0.700. The van der Waals surface area contributed by atoms with E-state index in [-0.39, 0.29) is 0 Å². The van der Waals surface area contributed by atoms with Crippen molar-refractivity contribution in [2.75, 3.05) is 6.54 Å². The first-order valence-electron chi connectivity index (χ1n) is 7.33. The summed E-state index contributed by atoms with van der Waals surface area (Å²) in [7, 11) is 0. The maximum absolute atomic E-state index is 2.73. The third-order valence-corrected chi connectivity index (χ3v) is 4.38. The molecule has 96 valence electrons. The standard InChI is InChI=1S/C17H23N/c1-14-7-5-8-15(13-14)17-11-6-12-18(17)16-9-3-2-4-10-16/h3,5,7-9,13,16-17H,2,4,6,10-12H2,1H3. The third kappa shape index (κ3) is 2.37. The van der Waals surface area contributed by atoms with E-state index in [0.717, 1.165) is 0 Å². The van der Waals surface area contributed by atoms with Gasteiger partial charge >= 0.3 is 0 Å². The van der Waals surface area contributed by atoms with Gasteiger partial charge in [0.15, 0.2) is 0 Å². The van der Waals surface area contributed by atoms with Crippen LogP contribution in [0.3, 0.4) is 0 Å². The number of likely N-dealkylation sites (tertiary alicyclic amines) is 1. The Morgan fingerprint density at radius 1 is 1.17 bits per heavy atom. The normalized spacial score (nSPS) is 28.7. The lowest BCUT2D eigenvalue weighted by atomic mass is 9.97. The first kappa shape index (κ1) is 12.0. The highest BCUT2D eigenvalue weighted by Gasteiger charge is 2.30. The Balaban J connectivity index is 1.82. The molecule has 1 heterocycles. The summed E-state index contributed by atoms with van der Waals surface area (Å²) in [4.78, 5) is 2.73. The summed E-state index contributed by atoms with van der Waals surface area (Å²) in [6.45, 7) is 3.47. The molecule has 2 unspecified atom stereocenters. The number of allylic oxidation sites excluding steroid dienone is 1. The van der Waals surface area contributed by atoms with Crippen LogP contribution >= 0.6 is 0 Å². The van der Waals surface area contributed by atoms with Crippen LogP contribution in [0.25, 0.3) is 0 Å². The van der Waals surface area contributed by atoms with Gasteiger partial charge in [-0.1, -0.05) is 42.0 Å². The second kappa shape index (κ2) is 5.27. The van der Waals surface area contributed by atoms with Crippen molar-refractivity contribution in [1.82, 2.24) is 4.90 Å². The first-order valence-corrected chi connectivity index (χ1v) is 7.33. The number of hydrogen-bond donors (Lipinski definition) is 0. The summed E-state index contributed by atoms with van der Waals surface area (Å²) in [5, 5.41) is 0. The van der Waals surface area contributed by atoms with Gasteiger partial charge in [0.25, 0.3) is 0 Å². The van der Waals surface area contributed by atoms with Crippen molar-refractivity contribution < 1.29 is 0 Å². The van der Waals surface area contributed by atoms with Gasteiger partial charge in [0.1, 0.15) is 0 Å². The van der Waals surface area contributed by atoms with Gasteiger partial charge in [-0.05, 0) is 51.1 Å². The minimum atomic E-state index is 0.651. The van der Waals surface area contributed by atoms with Crippen LogP contribution in [0.1, 0.15) is 49.3 Å². The van der Waals surface area contributed by atoms with E-state index < -0.39 is 0 Å². The molecule has 2 aliphatic rings. The fourth-order valence-corrected chi connectivity index (χ4v) is 3.49. The van der Waals surface area contributed by atoms with Crippen LogP contribution in [0.15, 0.2) is 36.4 Å². The second-order valence-electron chi connectivity index (χ2n) is 5.74. The molecule has 0 amide bonds. The van der Waals surface area contributed by atoms with Crippen LogP contribution in [0, 0.1) is 6.92 Å². The largest absolute Gasteiger partial charge is 0.290 e. The molecule has 0 saturated carbocycles. The van der Waals surface area contributed by atoms with Crippen LogP contribution in [0.4, 0.5) is 0 Å². The van der Waals surface area contributed by atoms with Gasteiger partial charge in [-0.25, -0.2) is 0 Å². The van der Waals surface area contributed by atoms with E-state index in [1.165, 1.54) is 49.8 Å². The Kier molecular flexibility index (Phi) is 3.51. The summed E-state index contributed by atoms with van der Waals surface area (Å²) >= 11 is 0. The van der Waals surface area contributed by atoms with E-state index in [2.05, 4.69) is 48.2 Å². The Bertz CT molecular complexity index is 435. The lowest BCUT2D eigenvalue weighted by Gasteiger charge is -2.33. The minimum Gasteiger partial charge on any atom is -0.290 e. The Morgan fingerprint density at radius 3 is 2.89 bits per heavy atom. The van der Waals surface area contributed by atoms with Crippen LogP contribution in [0.5, 0.6) is 0 Å². The lowest BCUT2D eigenvalue weighted by Crippen LogP contribution is -2.34. The molecule has 0 aromatic heterocycles. The molecule has 0 N–H and O–H groups in total. The summed E-state index contributed by atoms with van der Waals surface area (Å²) in [6, 6.07) is 10.4. The molecule has 1 aliphatic heterocycles. The summed E-state index contributed by atoms with van der Waals surface area (Å²) in [5.41, 5.74) is 2.91. The predicted octanol–water partition coefficient (Wildman–Crippen LogP) is 4.24. The van der Waals surface area contributed by atoms with E-state index in [9.17, 15) is 0 Å². The molecular weight excluding hydrogens is 218 g/mol. The topological polar surface area (TPSA) is 3.24 Å². The molecule has 1 heteroatoms. The monoisotopic (exact) mass is 241 g/mol. The molecule has 0 bridgehead atoms. The van der Waals surface area contributed by atoms with Gasteiger partial charge in [0.2, 0.25) is 0 Å². The highest BCUT2D eigenvalue weighted by molar-refractivity contribution is 5.26. The zero-order valence-corrected chi connectivity index (χ0v) is 11.3. The molecule has 1 aromatic carbocycles. The fourth-order valence-electron chi connectivity index (χ4n) is 3.49. The number of rotatable bonds is 2. The van der Waals surface area contributed by atoms with Gasteiger partial charge < -0.3 is 0 Å².